The van der Waals surface area contributed by atoms with Gasteiger partial charge in [0, 0.05) is 23.3 Å². The summed E-state index contributed by atoms with van der Waals surface area (Å²) >= 11 is 1.36. The molecule has 2 aromatic rings. The highest BCUT2D eigenvalue weighted by Crippen LogP contribution is 2.27. The van der Waals surface area contributed by atoms with E-state index in [0.29, 0.717) is 28.2 Å². The second-order valence-corrected chi connectivity index (χ2v) is 8.06. The van der Waals surface area contributed by atoms with E-state index in [9.17, 15) is 9.59 Å². The van der Waals surface area contributed by atoms with Crippen LogP contribution < -0.4 is 16.0 Å². The lowest BCUT2D eigenvalue weighted by atomic mass is 9.93. The molecule has 0 saturated heterocycles. The van der Waals surface area contributed by atoms with Crippen LogP contribution in [0.4, 0.5) is 10.8 Å². The molecule has 2 fully saturated rings. The van der Waals surface area contributed by atoms with Gasteiger partial charge in [-0.2, -0.15) is 0 Å². The summed E-state index contributed by atoms with van der Waals surface area (Å²) in [6, 6.07) is 6.17. The summed E-state index contributed by atoms with van der Waals surface area (Å²) in [6.45, 7) is 1.91. The molecule has 0 spiro atoms. The largest absolute Gasteiger partial charge is 0.359 e. The third-order valence-corrected chi connectivity index (χ3v) is 5.75. The number of thiazole rings is 1. The molecule has 0 atom stereocenters. The van der Waals surface area contributed by atoms with E-state index in [1.165, 1.54) is 17.8 Å². The normalized spacial score (nSPS) is 16.7. The van der Waals surface area contributed by atoms with Crippen molar-refractivity contribution in [3.63, 3.8) is 0 Å². The Morgan fingerprint density at radius 1 is 1.12 bits per heavy atom. The highest BCUT2D eigenvalue weighted by atomic mass is 32.1. The molecule has 3 N–H and O–H groups in total. The van der Waals surface area contributed by atoms with Gasteiger partial charge in [-0.15, -0.1) is 0 Å². The van der Waals surface area contributed by atoms with Crippen LogP contribution >= 0.6 is 11.3 Å². The molecule has 2 aliphatic rings. The van der Waals surface area contributed by atoms with Crippen LogP contribution in [0.1, 0.15) is 57.7 Å². The third kappa shape index (κ3) is 3.88. The number of benzene rings is 1. The zero-order valence-electron chi connectivity index (χ0n) is 14.7. The molecule has 1 heterocycles. The first kappa shape index (κ1) is 17.0. The maximum Gasteiger partial charge on any atom is 0.267 e. The first-order chi connectivity index (χ1) is 12.6. The van der Waals surface area contributed by atoms with Crippen molar-refractivity contribution in [2.45, 2.75) is 51.1 Å². The molecule has 4 rings (SSSR count). The molecule has 6 nitrogen and oxygen atoms in total. The summed E-state index contributed by atoms with van der Waals surface area (Å²) < 4.78 is 0. The number of hydrogen-bond acceptors (Lipinski definition) is 5. The van der Waals surface area contributed by atoms with Crippen molar-refractivity contribution < 1.29 is 9.59 Å². The van der Waals surface area contributed by atoms with E-state index in [0.717, 1.165) is 36.4 Å². The molecule has 7 heteroatoms. The number of hydrogen-bond donors (Lipinski definition) is 3. The molecule has 1 aromatic heterocycles. The minimum absolute atomic E-state index is 0.0900. The average Bonchev–Trinajstić information content (AvgIpc) is 3.27. The molecule has 0 radical (unpaired) electrons. The molecule has 0 unspecified atom stereocenters. The molecule has 0 aliphatic heterocycles. The second kappa shape index (κ2) is 7.07. The molecule has 0 bridgehead atoms. The smallest absolute Gasteiger partial charge is 0.267 e. The standard InChI is InChI=1S/C19H22N4O2S/c1-11-5-6-12(17(24)21-14-7-8-14)9-15(11)23-18(25)16-10-20-19(26-16)22-13-3-2-4-13/h5-6,9-10,13-14H,2-4,7-8H2,1H3,(H,20,22)(H,21,24)(H,23,25). The van der Waals surface area contributed by atoms with E-state index < -0.39 is 0 Å². The highest BCUT2D eigenvalue weighted by molar-refractivity contribution is 7.17. The van der Waals surface area contributed by atoms with Gasteiger partial charge in [-0.05, 0) is 56.7 Å². The van der Waals surface area contributed by atoms with Gasteiger partial charge in [0.2, 0.25) is 0 Å². The maximum atomic E-state index is 12.5. The van der Waals surface area contributed by atoms with Crippen LogP contribution in [0.2, 0.25) is 0 Å². The molecular weight excluding hydrogens is 348 g/mol. The Morgan fingerprint density at radius 2 is 1.92 bits per heavy atom. The van der Waals surface area contributed by atoms with Crippen molar-refractivity contribution >= 4 is 34.0 Å². The molecule has 26 heavy (non-hydrogen) atoms. The van der Waals surface area contributed by atoms with Gasteiger partial charge in [-0.3, -0.25) is 9.59 Å². The lowest BCUT2D eigenvalue weighted by Gasteiger charge is -2.25. The summed E-state index contributed by atoms with van der Waals surface area (Å²) in [7, 11) is 0. The van der Waals surface area contributed by atoms with Gasteiger partial charge >= 0.3 is 0 Å². The van der Waals surface area contributed by atoms with Crippen LogP contribution in [0.25, 0.3) is 0 Å². The Hall–Kier alpha value is -2.41. The van der Waals surface area contributed by atoms with Crippen LogP contribution in [-0.2, 0) is 0 Å². The Labute approximate surface area is 156 Å². The molecule has 2 aliphatic carbocycles. The lowest BCUT2D eigenvalue weighted by molar-refractivity contribution is 0.0949. The number of carbonyl (C=O) groups is 2. The predicted octanol–water partition coefficient (Wildman–Crippen LogP) is 3.56. The fraction of sp³-hybridized carbons (Fsp3) is 0.421. The number of nitrogens with one attached hydrogen (secondary N) is 3. The Balaban J connectivity index is 1.43. The summed E-state index contributed by atoms with van der Waals surface area (Å²) in [5.41, 5.74) is 2.13. The molecular formula is C19H22N4O2S. The number of anilines is 2. The highest BCUT2D eigenvalue weighted by Gasteiger charge is 2.24. The van der Waals surface area contributed by atoms with E-state index >= 15 is 0 Å². The van der Waals surface area contributed by atoms with Gasteiger partial charge in [0.05, 0.1) is 6.20 Å². The van der Waals surface area contributed by atoms with Gasteiger partial charge < -0.3 is 16.0 Å². The van der Waals surface area contributed by atoms with Gasteiger partial charge in [-0.25, -0.2) is 4.98 Å². The topological polar surface area (TPSA) is 83.1 Å². The minimum atomic E-state index is -0.202. The third-order valence-electron chi connectivity index (χ3n) is 4.82. The van der Waals surface area contributed by atoms with Gasteiger partial charge in [0.1, 0.15) is 4.88 Å². The van der Waals surface area contributed by atoms with E-state index in [1.807, 2.05) is 13.0 Å². The van der Waals surface area contributed by atoms with Crippen molar-refractivity contribution in [1.29, 1.82) is 0 Å². The average molecular weight is 370 g/mol. The van der Waals surface area contributed by atoms with Gasteiger partial charge in [-0.1, -0.05) is 17.4 Å². The minimum Gasteiger partial charge on any atom is -0.359 e. The Morgan fingerprint density at radius 3 is 2.62 bits per heavy atom. The fourth-order valence-electron chi connectivity index (χ4n) is 2.75. The van der Waals surface area contributed by atoms with E-state index in [1.54, 1.807) is 18.3 Å². The molecule has 136 valence electrons. The number of carbonyl (C=O) groups excluding carboxylic acids is 2. The molecule has 2 saturated carbocycles. The van der Waals surface area contributed by atoms with Gasteiger partial charge in [0.15, 0.2) is 5.13 Å². The molecule has 2 amide bonds. The number of rotatable bonds is 6. The second-order valence-electron chi connectivity index (χ2n) is 7.03. The summed E-state index contributed by atoms with van der Waals surface area (Å²) in [5, 5.41) is 10.0. The van der Waals surface area contributed by atoms with Crippen molar-refractivity contribution in [1.82, 2.24) is 10.3 Å². The van der Waals surface area contributed by atoms with Crippen molar-refractivity contribution in [3.8, 4) is 0 Å². The summed E-state index contributed by atoms with van der Waals surface area (Å²) in [5.74, 6) is -0.292. The summed E-state index contributed by atoms with van der Waals surface area (Å²) in [4.78, 5) is 29.6. The Kier molecular flexibility index (Phi) is 4.63. The zero-order valence-corrected chi connectivity index (χ0v) is 15.5. The van der Waals surface area contributed by atoms with Crippen LogP contribution in [0.5, 0.6) is 0 Å². The van der Waals surface area contributed by atoms with Gasteiger partial charge in [0.25, 0.3) is 11.8 Å². The van der Waals surface area contributed by atoms with Crippen LogP contribution in [0.3, 0.4) is 0 Å². The van der Waals surface area contributed by atoms with E-state index in [-0.39, 0.29) is 11.8 Å². The monoisotopic (exact) mass is 370 g/mol. The lowest BCUT2D eigenvalue weighted by Crippen LogP contribution is -2.26. The van der Waals surface area contributed by atoms with Crippen molar-refractivity contribution in [3.05, 3.63) is 40.4 Å². The SMILES string of the molecule is Cc1ccc(C(=O)NC2CC2)cc1NC(=O)c1cnc(NC2CCC2)s1. The number of nitrogens with zero attached hydrogens (tertiary/aromatic N) is 1. The number of amides is 2. The summed E-state index contributed by atoms with van der Waals surface area (Å²) in [6.07, 6.45) is 7.26. The van der Waals surface area contributed by atoms with Crippen molar-refractivity contribution in [2.75, 3.05) is 10.6 Å². The zero-order chi connectivity index (χ0) is 18.1. The van der Waals surface area contributed by atoms with Crippen LogP contribution in [0.15, 0.2) is 24.4 Å². The maximum absolute atomic E-state index is 12.5. The fourth-order valence-corrected chi connectivity index (χ4v) is 3.54. The first-order valence-corrected chi connectivity index (χ1v) is 9.85. The Bertz CT molecular complexity index is 840. The van der Waals surface area contributed by atoms with E-state index in [2.05, 4.69) is 20.9 Å². The predicted molar refractivity (Wildman–Crippen MR) is 103 cm³/mol. The van der Waals surface area contributed by atoms with Crippen molar-refractivity contribution in [2.24, 2.45) is 0 Å². The van der Waals surface area contributed by atoms with Crippen LogP contribution in [-0.4, -0.2) is 28.9 Å². The quantitative estimate of drug-likeness (QED) is 0.726. The number of aryl methyl sites for hydroxylation is 1. The first-order valence-electron chi connectivity index (χ1n) is 9.04. The molecule has 1 aromatic carbocycles. The van der Waals surface area contributed by atoms with E-state index in [4.69, 9.17) is 0 Å². The number of aromatic nitrogens is 1. The van der Waals surface area contributed by atoms with Crippen LogP contribution in [0, 0.1) is 6.92 Å².